The number of nitrogens with one attached hydrogen (secondary N) is 1. The molecule has 0 radical (unpaired) electrons. The molecule has 0 bridgehead atoms. The Kier molecular flexibility index (Phi) is 5.85. The monoisotopic (exact) mass is 297 g/mol. The van der Waals surface area contributed by atoms with Crippen LogP contribution in [0.4, 0.5) is 4.79 Å². The van der Waals surface area contributed by atoms with Crippen LogP contribution >= 0.6 is 0 Å². The maximum atomic E-state index is 12.2. The van der Waals surface area contributed by atoms with Crippen molar-refractivity contribution >= 4 is 12.0 Å². The van der Waals surface area contributed by atoms with E-state index in [1.54, 1.807) is 0 Å². The van der Waals surface area contributed by atoms with Gasteiger partial charge in [-0.15, -0.1) is 0 Å². The number of rotatable bonds is 4. The van der Waals surface area contributed by atoms with E-state index >= 15 is 0 Å². The van der Waals surface area contributed by atoms with Gasteiger partial charge in [0.15, 0.2) is 0 Å². The highest BCUT2D eigenvalue weighted by atomic mass is 16.5. The van der Waals surface area contributed by atoms with Gasteiger partial charge in [-0.2, -0.15) is 0 Å². The Hall–Kier alpha value is -1.30. The van der Waals surface area contributed by atoms with Crippen molar-refractivity contribution in [3.05, 3.63) is 0 Å². The van der Waals surface area contributed by atoms with E-state index in [9.17, 15) is 9.59 Å². The summed E-state index contributed by atoms with van der Waals surface area (Å²) < 4.78 is 4.58. The molecular weight excluding hydrogens is 270 g/mol. The molecule has 0 aromatic heterocycles. The zero-order valence-corrected chi connectivity index (χ0v) is 12.8. The second kappa shape index (κ2) is 7.64. The molecule has 0 spiro atoms. The zero-order valence-electron chi connectivity index (χ0n) is 12.8. The van der Waals surface area contributed by atoms with Crippen LogP contribution in [0.3, 0.4) is 0 Å². The van der Waals surface area contributed by atoms with Crippen LogP contribution in [-0.2, 0) is 9.53 Å². The third kappa shape index (κ3) is 4.88. The van der Waals surface area contributed by atoms with Gasteiger partial charge in [-0.25, -0.2) is 4.79 Å². The van der Waals surface area contributed by atoms with Crippen molar-refractivity contribution in [1.29, 1.82) is 0 Å². The Morgan fingerprint density at radius 3 is 2.86 bits per heavy atom. The Balaban J connectivity index is 1.68. The van der Waals surface area contributed by atoms with Crippen LogP contribution in [-0.4, -0.2) is 49.2 Å². The molecule has 2 rings (SSSR count). The number of hydrogen-bond donors (Lipinski definition) is 2. The summed E-state index contributed by atoms with van der Waals surface area (Å²) in [7, 11) is 1.35. The predicted octanol–water partition coefficient (Wildman–Crippen LogP) is 1.24. The molecule has 2 fully saturated rings. The van der Waals surface area contributed by atoms with Gasteiger partial charge < -0.3 is 20.7 Å². The molecule has 1 aliphatic heterocycles. The van der Waals surface area contributed by atoms with Gasteiger partial charge in [-0.1, -0.05) is 12.8 Å². The summed E-state index contributed by atoms with van der Waals surface area (Å²) >= 11 is 0. The first kappa shape index (κ1) is 16.1. The van der Waals surface area contributed by atoms with Crippen LogP contribution in [0.5, 0.6) is 0 Å². The molecule has 6 nitrogen and oxygen atoms in total. The maximum Gasteiger partial charge on any atom is 0.407 e. The van der Waals surface area contributed by atoms with Gasteiger partial charge in [0.2, 0.25) is 5.91 Å². The molecule has 3 atom stereocenters. The van der Waals surface area contributed by atoms with E-state index in [0.29, 0.717) is 24.9 Å². The van der Waals surface area contributed by atoms with E-state index in [0.717, 1.165) is 32.2 Å². The van der Waals surface area contributed by atoms with Crippen molar-refractivity contribution in [3.63, 3.8) is 0 Å². The first-order valence-electron chi connectivity index (χ1n) is 7.96. The summed E-state index contributed by atoms with van der Waals surface area (Å²) in [4.78, 5) is 25.2. The van der Waals surface area contributed by atoms with E-state index in [-0.39, 0.29) is 11.9 Å². The van der Waals surface area contributed by atoms with Crippen LogP contribution < -0.4 is 11.1 Å². The fourth-order valence-corrected chi connectivity index (χ4v) is 3.41. The standard InChI is InChI=1S/C15H27N3O3/c1-21-15(20)17-13-7-8-18(10-13)14(19)6-5-11-3-2-4-12(16)9-11/h11-13H,2-10,16H2,1H3,(H,17,20). The zero-order chi connectivity index (χ0) is 15.2. The fraction of sp³-hybridized carbons (Fsp3) is 0.867. The third-order valence-corrected chi connectivity index (χ3v) is 4.64. The average Bonchev–Trinajstić information content (AvgIpc) is 2.93. The first-order chi connectivity index (χ1) is 10.1. The van der Waals surface area contributed by atoms with Crippen molar-refractivity contribution in [2.75, 3.05) is 20.2 Å². The number of carbonyl (C=O) groups is 2. The lowest BCUT2D eigenvalue weighted by molar-refractivity contribution is -0.130. The summed E-state index contributed by atoms with van der Waals surface area (Å²) in [6, 6.07) is 0.337. The second-order valence-electron chi connectivity index (χ2n) is 6.29. The van der Waals surface area contributed by atoms with Crippen molar-refractivity contribution in [1.82, 2.24) is 10.2 Å². The largest absolute Gasteiger partial charge is 0.453 e. The van der Waals surface area contributed by atoms with Gasteiger partial charge in [0.25, 0.3) is 0 Å². The minimum absolute atomic E-state index is 0.0181. The number of amides is 2. The topological polar surface area (TPSA) is 84.7 Å². The molecule has 1 aliphatic carbocycles. The van der Waals surface area contributed by atoms with Crippen LogP contribution in [0, 0.1) is 5.92 Å². The quantitative estimate of drug-likeness (QED) is 0.817. The second-order valence-corrected chi connectivity index (χ2v) is 6.29. The van der Waals surface area contributed by atoms with Crippen molar-refractivity contribution in [2.24, 2.45) is 11.7 Å². The highest BCUT2D eigenvalue weighted by Crippen LogP contribution is 2.27. The molecule has 2 amide bonds. The molecule has 1 saturated heterocycles. The van der Waals surface area contributed by atoms with Gasteiger partial charge in [0.1, 0.15) is 0 Å². The lowest BCUT2D eigenvalue weighted by Gasteiger charge is -2.27. The van der Waals surface area contributed by atoms with Crippen LogP contribution in [0.2, 0.25) is 0 Å². The number of methoxy groups -OCH3 is 1. The summed E-state index contributed by atoms with van der Waals surface area (Å²) in [6.07, 6.45) is 6.49. The molecule has 2 aliphatic rings. The molecule has 3 unspecified atom stereocenters. The lowest BCUT2D eigenvalue weighted by atomic mass is 9.83. The number of nitrogens with two attached hydrogens (primary N) is 1. The minimum Gasteiger partial charge on any atom is -0.453 e. The minimum atomic E-state index is -0.425. The van der Waals surface area contributed by atoms with Gasteiger partial charge in [-0.3, -0.25) is 4.79 Å². The summed E-state index contributed by atoms with van der Waals surface area (Å²) in [5, 5.41) is 2.75. The van der Waals surface area contributed by atoms with Crippen molar-refractivity contribution in [3.8, 4) is 0 Å². The Labute approximate surface area is 126 Å². The molecule has 0 aromatic carbocycles. The molecule has 6 heteroatoms. The maximum absolute atomic E-state index is 12.2. The summed E-state index contributed by atoms with van der Waals surface area (Å²) in [6.45, 7) is 1.32. The Morgan fingerprint density at radius 1 is 1.33 bits per heavy atom. The normalized spacial score (nSPS) is 29.2. The average molecular weight is 297 g/mol. The molecule has 1 heterocycles. The van der Waals surface area contributed by atoms with E-state index in [4.69, 9.17) is 5.73 Å². The highest BCUT2D eigenvalue weighted by Gasteiger charge is 2.28. The van der Waals surface area contributed by atoms with Crippen molar-refractivity contribution < 1.29 is 14.3 Å². The number of likely N-dealkylation sites (tertiary alicyclic amines) is 1. The number of alkyl carbamates (subject to hydrolysis) is 1. The Bertz CT molecular complexity index is 375. The first-order valence-corrected chi connectivity index (χ1v) is 7.96. The molecule has 0 aromatic rings. The number of ether oxygens (including phenoxy) is 1. The van der Waals surface area contributed by atoms with E-state index < -0.39 is 6.09 Å². The third-order valence-electron chi connectivity index (χ3n) is 4.64. The van der Waals surface area contributed by atoms with Gasteiger partial charge in [0.05, 0.1) is 13.2 Å². The number of nitrogens with zero attached hydrogens (tertiary/aromatic N) is 1. The molecular formula is C15H27N3O3. The van der Waals surface area contributed by atoms with E-state index in [1.807, 2.05) is 4.90 Å². The fourth-order valence-electron chi connectivity index (χ4n) is 3.41. The van der Waals surface area contributed by atoms with Gasteiger partial charge in [0, 0.05) is 25.6 Å². The summed E-state index contributed by atoms with van der Waals surface area (Å²) in [5.41, 5.74) is 5.98. The number of carbonyl (C=O) groups excluding carboxylic acids is 2. The van der Waals surface area contributed by atoms with Crippen molar-refractivity contribution in [2.45, 2.75) is 57.0 Å². The van der Waals surface area contributed by atoms with Crippen LogP contribution in [0.1, 0.15) is 44.9 Å². The van der Waals surface area contributed by atoms with Crippen LogP contribution in [0.25, 0.3) is 0 Å². The van der Waals surface area contributed by atoms with E-state index in [2.05, 4.69) is 10.1 Å². The highest BCUT2D eigenvalue weighted by molar-refractivity contribution is 5.76. The SMILES string of the molecule is COC(=O)NC1CCN(C(=O)CCC2CCCC(N)C2)C1. The molecule has 1 saturated carbocycles. The molecule has 21 heavy (non-hydrogen) atoms. The van der Waals surface area contributed by atoms with E-state index in [1.165, 1.54) is 20.0 Å². The molecule has 3 N–H and O–H groups in total. The Morgan fingerprint density at radius 2 is 2.14 bits per heavy atom. The van der Waals surface area contributed by atoms with Crippen LogP contribution in [0.15, 0.2) is 0 Å². The smallest absolute Gasteiger partial charge is 0.407 e. The van der Waals surface area contributed by atoms with Gasteiger partial charge in [-0.05, 0) is 31.6 Å². The molecule has 120 valence electrons. The van der Waals surface area contributed by atoms with Gasteiger partial charge >= 0.3 is 6.09 Å². The lowest BCUT2D eigenvalue weighted by Crippen LogP contribution is -2.38. The predicted molar refractivity (Wildman–Crippen MR) is 79.7 cm³/mol. The summed E-state index contributed by atoms with van der Waals surface area (Å²) in [5.74, 6) is 0.799. The number of hydrogen-bond acceptors (Lipinski definition) is 4.